The standard InChI is InChI=1S/C15H23N3/c1-10(2)6-7-11(3)18-15-8-12(4)17-13(5)14(15)9-16/h8,10-11H,6-7H2,1-5H3,(H,17,18). The Balaban J connectivity index is 2.81. The molecule has 1 N–H and O–H groups in total. The van der Waals surface area contributed by atoms with Crippen LogP contribution in [0.2, 0.25) is 0 Å². The van der Waals surface area contributed by atoms with Gasteiger partial charge in [0.25, 0.3) is 0 Å². The highest BCUT2D eigenvalue weighted by Gasteiger charge is 2.10. The third kappa shape index (κ3) is 4.03. The Bertz CT molecular complexity index is 444. The molecule has 0 bridgehead atoms. The van der Waals surface area contributed by atoms with Crippen LogP contribution < -0.4 is 5.32 Å². The first-order valence-electron chi connectivity index (χ1n) is 6.59. The van der Waals surface area contributed by atoms with E-state index >= 15 is 0 Å². The minimum absolute atomic E-state index is 0.376. The van der Waals surface area contributed by atoms with Crippen molar-refractivity contribution in [1.82, 2.24) is 4.98 Å². The Kier molecular flexibility index (Phi) is 5.15. The zero-order valence-electron chi connectivity index (χ0n) is 12.0. The smallest absolute Gasteiger partial charge is 0.103 e. The highest BCUT2D eigenvalue weighted by Crippen LogP contribution is 2.20. The van der Waals surface area contributed by atoms with E-state index in [0.717, 1.165) is 23.5 Å². The summed E-state index contributed by atoms with van der Waals surface area (Å²) in [6, 6.07) is 4.57. The van der Waals surface area contributed by atoms with E-state index in [0.29, 0.717) is 17.5 Å². The molecular formula is C15H23N3. The number of aromatic nitrogens is 1. The summed E-state index contributed by atoms with van der Waals surface area (Å²) in [5.74, 6) is 0.714. The fraction of sp³-hybridized carbons (Fsp3) is 0.600. The van der Waals surface area contributed by atoms with Gasteiger partial charge in [-0.2, -0.15) is 5.26 Å². The molecule has 0 spiro atoms. The highest BCUT2D eigenvalue weighted by atomic mass is 14.9. The van der Waals surface area contributed by atoms with Crippen LogP contribution in [-0.4, -0.2) is 11.0 Å². The van der Waals surface area contributed by atoms with Gasteiger partial charge in [0.1, 0.15) is 6.07 Å². The molecule has 3 heteroatoms. The first-order valence-corrected chi connectivity index (χ1v) is 6.59. The van der Waals surface area contributed by atoms with Gasteiger partial charge in [-0.15, -0.1) is 0 Å². The maximum Gasteiger partial charge on any atom is 0.103 e. The summed E-state index contributed by atoms with van der Waals surface area (Å²) in [6.45, 7) is 10.5. The molecule has 98 valence electrons. The molecule has 1 unspecified atom stereocenters. The third-order valence-electron chi connectivity index (χ3n) is 3.02. The molecular weight excluding hydrogens is 222 g/mol. The number of hydrogen-bond acceptors (Lipinski definition) is 3. The van der Waals surface area contributed by atoms with E-state index in [1.54, 1.807) is 0 Å². The van der Waals surface area contributed by atoms with Crippen LogP contribution >= 0.6 is 0 Å². The Morgan fingerprint density at radius 3 is 2.50 bits per heavy atom. The molecule has 0 aromatic carbocycles. The molecule has 1 atom stereocenters. The minimum atomic E-state index is 0.376. The average molecular weight is 245 g/mol. The topological polar surface area (TPSA) is 48.7 Å². The number of pyridine rings is 1. The molecule has 0 saturated heterocycles. The maximum absolute atomic E-state index is 9.19. The summed E-state index contributed by atoms with van der Waals surface area (Å²) < 4.78 is 0. The van der Waals surface area contributed by atoms with Gasteiger partial charge in [-0.3, -0.25) is 4.98 Å². The lowest BCUT2D eigenvalue weighted by molar-refractivity contribution is 0.527. The quantitative estimate of drug-likeness (QED) is 0.858. The monoisotopic (exact) mass is 245 g/mol. The van der Waals surface area contributed by atoms with Crippen molar-refractivity contribution in [2.75, 3.05) is 5.32 Å². The molecule has 0 amide bonds. The van der Waals surface area contributed by atoms with Crippen molar-refractivity contribution in [2.24, 2.45) is 5.92 Å². The predicted molar refractivity (Wildman–Crippen MR) is 75.6 cm³/mol. The molecule has 0 saturated carbocycles. The first-order chi connectivity index (χ1) is 8.43. The van der Waals surface area contributed by atoms with Crippen molar-refractivity contribution in [2.45, 2.75) is 53.5 Å². The van der Waals surface area contributed by atoms with Gasteiger partial charge in [0.15, 0.2) is 0 Å². The van der Waals surface area contributed by atoms with Gasteiger partial charge in [0, 0.05) is 11.7 Å². The molecule has 18 heavy (non-hydrogen) atoms. The molecule has 0 aliphatic carbocycles. The molecule has 1 aromatic rings. The van der Waals surface area contributed by atoms with Gasteiger partial charge < -0.3 is 5.32 Å². The summed E-state index contributed by atoms with van der Waals surface area (Å²) in [4.78, 5) is 4.32. The SMILES string of the molecule is Cc1cc(NC(C)CCC(C)C)c(C#N)c(C)n1. The second kappa shape index (κ2) is 6.39. The summed E-state index contributed by atoms with van der Waals surface area (Å²) >= 11 is 0. The second-order valence-electron chi connectivity index (χ2n) is 5.40. The van der Waals surface area contributed by atoms with E-state index < -0.39 is 0 Å². The van der Waals surface area contributed by atoms with E-state index in [9.17, 15) is 5.26 Å². The molecule has 0 aliphatic heterocycles. The van der Waals surface area contributed by atoms with Gasteiger partial charge in [0.2, 0.25) is 0 Å². The fourth-order valence-electron chi connectivity index (χ4n) is 2.00. The van der Waals surface area contributed by atoms with E-state index in [2.05, 4.69) is 37.1 Å². The highest BCUT2D eigenvalue weighted by molar-refractivity contribution is 5.60. The number of nitrogens with one attached hydrogen (secondary N) is 1. The molecule has 1 rings (SSSR count). The molecule has 0 aliphatic rings. The number of nitrogens with zero attached hydrogens (tertiary/aromatic N) is 2. The zero-order valence-corrected chi connectivity index (χ0v) is 12.0. The normalized spacial score (nSPS) is 12.3. The maximum atomic E-state index is 9.19. The fourth-order valence-corrected chi connectivity index (χ4v) is 2.00. The minimum Gasteiger partial charge on any atom is -0.381 e. The van der Waals surface area contributed by atoms with Crippen molar-refractivity contribution in [1.29, 1.82) is 5.26 Å². The number of nitriles is 1. The van der Waals surface area contributed by atoms with Gasteiger partial charge in [-0.25, -0.2) is 0 Å². The molecule has 0 radical (unpaired) electrons. The van der Waals surface area contributed by atoms with Gasteiger partial charge in [-0.05, 0) is 45.6 Å². The van der Waals surface area contributed by atoms with Crippen molar-refractivity contribution in [3.05, 3.63) is 23.0 Å². The van der Waals surface area contributed by atoms with Crippen LogP contribution in [0.4, 0.5) is 5.69 Å². The molecule has 0 fully saturated rings. The molecule has 1 aromatic heterocycles. The van der Waals surface area contributed by atoms with Gasteiger partial charge in [0.05, 0.1) is 16.9 Å². The van der Waals surface area contributed by atoms with E-state index in [-0.39, 0.29) is 0 Å². The number of aryl methyl sites for hydroxylation is 2. The lowest BCUT2D eigenvalue weighted by Gasteiger charge is -2.18. The van der Waals surface area contributed by atoms with Crippen LogP contribution in [0.5, 0.6) is 0 Å². The van der Waals surface area contributed by atoms with Crippen molar-refractivity contribution in [3.8, 4) is 6.07 Å². The van der Waals surface area contributed by atoms with Gasteiger partial charge in [-0.1, -0.05) is 13.8 Å². The van der Waals surface area contributed by atoms with Crippen LogP contribution in [-0.2, 0) is 0 Å². The summed E-state index contributed by atoms with van der Waals surface area (Å²) in [7, 11) is 0. The first kappa shape index (κ1) is 14.5. The molecule has 3 nitrogen and oxygen atoms in total. The lowest BCUT2D eigenvalue weighted by atomic mass is 10.0. The zero-order chi connectivity index (χ0) is 13.7. The summed E-state index contributed by atoms with van der Waals surface area (Å²) in [6.07, 6.45) is 2.31. The van der Waals surface area contributed by atoms with Crippen LogP contribution in [0.15, 0.2) is 6.07 Å². The van der Waals surface area contributed by atoms with Gasteiger partial charge >= 0.3 is 0 Å². The van der Waals surface area contributed by atoms with E-state index in [1.165, 1.54) is 6.42 Å². The lowest BCUT2D eigenvalue weighted by Crippen LogP contribution is -2.17. The van der Waals surface area contributed by atoms with E-state index in [4.69, 9.17) is 0 Å². The number of anilines is 1. The largest absolute Gasteiger partial charge is 0.381 e. The van der Waals surface area contributed by atoms with E-state index in [1.807, 2.05) is 19.9 Å². The Morgan fingerprint density at radius 1 is 1.28 bits per heavy atom. The van der Waals surface area contributed by atoms with Crippen LogP contribution in [0, 0.1) is 31.1 Å². The van der Waals surface area contributed by atoms with Crippen molar-refractivity contribution >= 4 is 5.69 Å². The Labute approximate surface area is 110 Å². The van der Waals surface area contributed by atoms with Crippen LogP contribution in [0.25, 0.3) is 0 Å². The number of hydrogen-bond donors (Lipinski definition) is 1. The predicted octanol–water partition coefficient (Wildman–Crippen LogP) is 3.81. The Hall–Kier alpha value is -1.56. The third-order valence-corrected chi connectivity index (χ3v) is 3.02. The van der Waals surface area contributed by atoms with Crippen LogP contribution in [0.1, 0.15) is 50.6 Å². The molecule has 1 heterocycles. The number of rotatable bonds is 5. The van der Waals surface area contributed by atoms with Crippen molar-refractivity contribution < 1.29 is 0 Å². The van der Waals surface area contributed by atoms with Crippen LogP contribution in [0.3, 0.4) is 0 Å². The Morgan fingerprint density at radius 2 is 1.94 bits per heavy atom. The second-order valence-corrected chi connectivity index (χ2v) is 5.40. The van der Waals surface area contributed by atoms with Crippen molar-refractivity contribution in [3.63, 3.8) is 0 Å². The summed E-state index contributed by atoms with van der Waals surface area (Å²) in [5.41, 5.74) is 3.33. The average Bonchev–Trinajstić information content (AvgIpc) is 2.26. The summed E-state index contributed by atoms with van der Waals surface area (Å²) in [5, 5.41) is 12.6.